The molecule has 0 aromatic heterocycles. The molecule has 5 heteroatoms. The number of carbonyl (C=O) groups is 1. The molecule has 0 aliphatic rings. The van der Waals surface area contributed by atoms with Crippen LogP contribution in [0.1, 0.15) is 32.8 Å². The van der Waals surface area contributed by atoms with Gasteiger partial charge in [0.05, 0.1) is 6.54 Å². The van der Waals surface area contributed by atoms with Crippen molar-refractivity contribution in [1.82, 2.24) is 15.5 Å². The average molecular weight is 321 g/mol. The summed E-state index contributed by atoms with van der Waals surface area (Å²) in [6.45, 7) is 6.94. The van der Waals surface area contributed by atoms with Gasteiger partial charge < -0.3 is 20.6 Å². The van der Waals surface area contributed by atoms with Crippen LogP contribution >= 0.6 is 0 Å². The number of carbonyl (C=O) groups excluding carboxylic acids is 1. The van der Waals surface area contributed by atoms with Gasteiger partial charge in [0, 0.05) is 12.6 Å². The van der Waals surface area contributed by atoms with Crippen LogP contribution in [-0.4, -0.2) is 49.3 Å². The lowest BCUT2D eigenvalue weighted by Crippen LogP contribution is -2.49. The molecule has 0 aliphatic heterocycles. The Morgan fingerprint density at radius 1 is 1.26 bits per heavy atom. The normalized spacial score (nSPS) is 15.3. The molecule has 1 rings (SSSR count). The van der Waals surface area contributed by atoms with Crippen molar-refractivity contribution < 1.29 is 9.90 Å². The predicted octanol–water partition coefficient (Wildman–Crippen LogP) is 2.17. The van der Waals surface area contributed by atoms with E-state index in [0.29, 0.717) is 5.92 Å². The zero-order valence-corrected chi connectivity index (χ0v) is 15.0. The molecule has 0 heterocycles. The molecule has 3 N–H and O–H groups in total. The molecule has 5 nitrogen and oxygen atoms in total. The van der Waals surface area contributed by atoms with Crippen molar-refractivity contribution >= 4 is 6.03 Å². The van der Waals surface area contributed by atoms with E-state index in [9.17, 15) is 9.90 Å². The maximum atomic E-state index is 12.1. The number of hydrogen-bond acceptors (Lipinski definition) is 3. The summed E-state index contributed by atoms with van der Waals surface area (Å²) in [6, 6.07) is 9.21. The Kier molecular flexibility index (Phi) is 7.52. The highest BCUT2D eigenvalue weighted by Gasteiger charge is 2.24. The number of nitrogens with zero attached hydrogens (tertiary/aromatic N) is 1. The minimum Gasteiger partial charge on any atom is -0.384 e. The predicted molar refractivity (Wildman–Crippen MR) is 94.3 cm³/mol. The van der Waals surface area contributed by atoms with Gasteiger partial charge in [-0.05, 0) is 38.9 Å². The van der Waals surface area contributed by atoms with Gasteiger partial charge in [-0.15, -0.1) is 0 Å². The fourth-order valence-corrected chi connectivity index (χ4v) is 2.58. The topological polar surface area (TPSA) is 64.6 Å². The van der Waals surface area contributed by atoms with Gasteiger partial charge in [-0.3, -0.25) is 0 Å². The number of hydrogen-bond donors (Lipinski definition) is 3. The van der Waals surface area contributed by atoms with Gasteiger partial charge in [0.2, 0.25) is 0 Å². The fraction of sp³-hybridized carbons (Fsp3) is 0.611. The Labute approximate surface area is 140 Å². The van der Waals surface area contributed by atoms with Crippen molar-refractivity contribution in [2.24, 2.45) is 5.92 Å². The molecule has 0 aliphatic carbocycles. The Morgan fingerprint density at radius 2 is 1.87 bits per heavy atom. The molecule has 1 aromatic rings. The first-order valence-corrected chi connectivity index (χ1v) is 8.17. The molecule has 2 atom stereocenters. The van der Waals surface area contributed by atoms with Crippen molar-refractivity contribution in [3.8, 4) is 0 Å². The van der Waals surface area contributed by atoms with Gasteiger partial charge in [0.25, 0.3) is 0 Å². The molecular formula is C18H31N3O2. The largest absolute Gasteiger partial charge is 0.384 e. The number of likely N-dealkylation sites (N-methyl/N-ethyl adjacent to an activating group) is 1. The highest BCUT2D eigenvalue weighted by molar-refractivity contribution is 5.74. The van der Waals surface area contributed by atoms with Gasteiger partial charge in [-0.1, -0.05) is 44.2 Å². The van der Waals surface area contributed by atoms with Crippen LogP contribution in [-0.2, 0) is 5.60 Å². The molecule has 0 spiro atoms. The van der Waals surface area contributed by atoms with E-state index in [2.05, 4.69) is 29.4 Å². The number of nitrogens with one attached hydrogen (secondary N) is 2. The molecule has 0 saturated heterocycles. The first-order chi connectivity index (χ1) is 10.7. The molecule has 2 amide bonds. The first kappa shape index (κ1) is 19.5. The average Bonchev–Trinajstić information content (AvgIpc) is 2.45. The fourth-order valence-electron chi connectivity index (χ4n) is 2.58. The van der Waals surface area contributed by atoms with Gasteiger partial charge in [-0.2, -0.15) is 0 Å². The molecule has 0 fully saturated rings. The third-order valence-corrected chi connectivity index (χ3v) is 3.67. The smallest absolute Gasteiger partial charge is 0.315 e. The van der Waals surface area contributed by atoms with Crippen molar-refractivity contribution in [3.05, 3.63) is 35.9 Å². The van der Waals surface area contributed by atoms with Crippen LogP contribution in [0.4, 0.5) is 4.79 Å². The minimum absolute atomic E-state index is 0.0895. The van der Waals surface area contributed by atoms with Gasteiger partial charge in [-0.25, -0.2) is 4.79 Å². The third-order valence-electron chi connectivity index (χ3n) is 3.67. The highest BCUT2D eigenvalue weighted by Crippen LogP contribution is 2.18. The monoisotopic (exact) mass is 321 g/mol. The lowest BCUT2D eigenvalue weighted by molar-refractivity contribution is 0.0591. The number of amides is 2. The summed E-state index contributed by atoms with van der Waals surface area (Å²) in [5.74, 6) is 0.507. The highest BCUT2D eigenvalue weighted by atomic mass is 16.3. The Morgan fingerprint density at radius 3 is 2.39 bits per heavy atom. The van der Waals surface area contributed by atoms with E-state index < -0.39 is 5.60 Å². The molecule has 0 bridgehead atoms. The van der Waals surface area contributed by atoms with Crippen LogP contribution in [0.5, 0.6) is 0 Å². The van der Waals surface area contributed by atoms with E-state index >= 15 is 0 Å². The van der Waals surface area contributed by atoms with Gasteiger partial charge >= 0.3 is 6.03 Å². The van der Waals surface area contributed by atoms with Crippen LogP contribution < -0.4 is 10.6 Å². The third kappa shape index (κ3) is 7.48. The summed E-state index contributed by atoms with van der Waals surface area (Å²) >= 11 is 0. The Balaban J connectivity index is 2.54. The maximum absolute atomic E-state index is 12.1. The molecule has 23 heavy (non-hydrogen) atoms. The zero-order valence-electron chi connectivity index (χ0n) is 15.0. The number of aliphatic hydroxyl groups is 1. The van der Waals surface area contributed by atoms with Crippen LogP contribution in [0.25, 0.3) is 0 Å². The second-order valence-corrected chi connectivity index (χ2v) is 7.06. The summed E-state index contributed by atoms with van der Waals surface area (Å²) in [7, 11) is 3.99. The minimum atomic E-state index is -1.09. The van der Waals surface area contributed by atoms with E-state index in [-0.39, 0.29) is 18.6 Å². The Hall–Kier alpha value is -1.59. The maximum Gasteiger partial charge on any atom is 0.315 e. The summed E-state index contributed by atoms with van der Waals surface area (Å²) in [6.07, 6.45) is 0.917. The van der Waals surface area contributed by atoms with Crippen molar-refractivity contribution in [2.45, 2.75) is 38.8 Å². The summed E-state index contributed by atoms with van der Waals surface area (Å²) in [5.41, 5.74) is -0.305. The summed E-state index contributed by atoms with van der Waals surface area (Å²) < 4.78 is 0. The SMILES string of the molecule is CC(C)CC(CN(C)C)NC(=O)NCC(C)(O)c1ccccc1. The van der Waals surface area contributed by atoms with Gasteiger partial charge in [0.1, 0.15) is 5.60 Å². The molecular weight excluding hydrogens is 290 g/mol. The van der Waals surface area contributed by atoms with Crippen LogP contribution in [0, 0.1) is 5.92 Å². The second-order valence-electron chi connectivity index (χ2n) is 7.06. The standard InChI is InChI=1S/C18H31N3O2/c1-14(2)11-16(12-21(4)5)20-17(22)19-13-18(3,23)15-9-7-6-8-10-15/h6-10,14,16,23H,11-13H2,1-5H3,(H2,19,20,22). The quantitative estimate of drug-likeness (QED) is 0.687. The van der Waals surface area contributed by atoms with Crippen LogP contribution in [0.3, 0.4) is 0 Å². The zero-order chi connectivity index (χ0) is 17.5. The lowest BCUT2D eigenvalue weighted by Gasteiger charge is -2.27. The molecule has 1 aromatic carbocycles. The molecule has 0 radical (unpaired) electrons. The second kappa shape index (κ2) is 8.89. The van der Waals surface area contributed by atoms with Crippen LogP contribution in [0.2, 0.25) is 0 Å². The lowest BCUT2D eigenvalue weighted by atomic mass is 9.96. The summed E-state index contributed by atoms with van der Waals surface area (Å²) in [5, 5.41) is 16.3. The van der Waals surface area contributed by atoms with Crippen LogP contribution in [0.15, 0.2) is 30.3 Å². The van der Waals surface area contributed by atoms with E-state index in [1.807, 2.05) is 44.4 Å². The van der Waals surface area contributed by atoms with E-state index in [0.717, 1.165) is 18.5 Å². The van der Waals surface area contributed by atoms with Gasteiger partial charge in [0.15, 0.2) is 0 Å². The van der Waals surface area contributed by atoms with Crippen molar-refractivity contribution in [2.75, 3.05) is 27.2 Å². The number of benzene rings is 1. The molecule has 2 unspecified atom stereocenters. The van der Waals surface area contributed by atoms with Crippen molar-refractivity contribution in [1.29, 1.82) is 0 Å². The van der Waals surface area contributed by atoms with E-state index in [4.69, 9.17) is 0 Å². The first-order valence-electron chi connectivity index (χ1n) is 8.17. The summed E-state index contributed by atoms with van der Waals surface area (Å²) in [4.78, 5) is 14.2. The molecule has 0 saturated carbocycles. The number of rotatable bonds is 8. The number of urea groups is 1. The van der Waals surface area contributed by atoms with Crippen molar-refractivity contribution in [3.63, 3.8) is 0 Å². The molecule has 130 valence electrons. The Bertz CT molecular complexity index is 462. The van der Waals surface area contributed by atoms with E-state index in [1.54, 1.807) is 6.92 Å². The van der Waals surface area contributed by atoms with E-state index in [1.165, 1.54) is 0 Å².